The van der Waals surface area contributed by atoms with Crippen molar-refractivity contribution < 1.29 is 14.0 Å². The van der Waals surface area contributed by atoms with Gasteiger partial charge in [0.2, 0.25) is 5.91 Å². The lowest BCUT2D eigenvalue weighted by Gasteiger charge is -2.26. The molecule has 6 nitrogen and oxygen atoms in total. The van der Waals surface area contributed by atoms with E-state index < -0.39 is 11.7 Å². The number of carbonyl (C=O) groups is 2. The summed E-state index contributed by atoms with van der Waals surface area (Å²) in [5, 5.41) is 4.76. The van der Waals surface area contributed by atoms with E-state index in [0.717, 1.165) is 19.4 Å². The van der Waals surface area contributed by atoms with Gasteiger partial charge in [0.15, 0.2) is 5.69 Å². The molecule has 0 spiro atoms. The molecule has 1 fully saturated rings. The fourth-order valence-electron chi connectivity index (χ4n) is 3.52. The predicted octanol–water partition coefficient (Wildman–Crippen LogP) is 2.48. The summed E-state index contributed by atoms with van der Waals surface area (Å²) in [5.41, 5.74) is 7.26. The van der Waals surface area contributed by atoms with E-state index >= 15 is 0 Å². The minimum Gasteiger partial charge on any atom is -0.364 e. The number of primary amides is 1. The zero-order chi connectivity index (χ0) is 20.5. The van der Waals surface area contributed by atoms with Gasteiger partial charge < -0.3 is 10.6 Å². The molecule has 0 radical (unpaired) electrons. The molecule has 2 N–H and O–H groups in total. The monoisotopic (exact) mass is 390 g/mol. The molecule has 1 aliphatic rings. The van der Waals surface area contributed by atoms with E-state index in [-0.39, 0.29) is 17.5 Å². The lowest BCUT2D eigenvalue weighted by molar-refractivity contribution is -0.134. The molecule has 2 aromatic carbocycles. The van der Waals surface area contributed by atoms with Crippen LogP contribution in [0.1, 0.15) is 28.9 Å². The number of benzene rings is 2. The zero-order valence-corrected chi connectivity index (χ0v) is 15.9. The van der Waals surface area contributed by atoms with Crippen molar-refractivity contribution in [3.63, 3.8) is 0 Å². The van der Waals surface area contributed by atoms with Crippen molar-refractivity contribution in [1.29, 1.82) is 0 Å². The number of halogens is 1. The lowest BCUT2D eigenvalue weighted by Crippen LogP contribution is -2.37. The van der Waals surface area contributed by atoms with Gasteiger partial charge in [0.1, 0.15) is 5.82 Å². The molecule has 3 aromatic rings. The number of fused-ring (bicyclic) bond motifs is 1. The normalized spacial score (nSPS) is 16.6. The number of hydrogen-bond donors (Lipinski definition) is 1. The van der Waals surface area contributed by atoms with Gasteiger partial charge in [-0.1, -0.05) is 17.9 Å². The summed E-state index contributed by atoms with van der Waals surface area (Å²) in [6.07, 6.45) is 1.68. The summed E-state index contributed by atoms with van der Waals surface area (Å²) in [6.45, 7) is 0.762. The van der Waals surface area contributed by atoms with E-state index in [9.17, 15) is 14.0 Å². The minimum absolute atomic E-state index is 0.0413. The Bertz CT molecular complexity index is 1190. The number of piperidine rings is 1. The minimum atomic E-state index is -0.684. The Hall–Kier alpha value is -3.66. The molecule has 1 aromatic heterocycles. The molecule has 0 bridgehead atoms. The van der Waals surface area contributed by atoms with Crippen LogP contribution in [0.2, 0.25) is 0 Å². The Balaban J connectivity index is 1.74. The van der Waals surface area contributed by atoms with Gasteiger partial charge in [-0.05, 0) is 43.2 Å². The van der Waals surface area contributed by atoms with Crippen molar-refractivity contribution in [3.05, 3.63) is 59.5 Å². The maximum absolute atomic E-state index is 13.8. The predicted molar refractivity (Wildman–Crippen MR) is 107 cm³/mol. The van der Waals surface area contributed by atoms with Crippen LogP contribution in [0, 0.1) is 23.6 Å². The van der Waals surface area contributed by atoms with E-state index in [4.69, 9.17) is 5.73 Å². The van der Waals surface area contributed by atoms with Gasteiger partial charge in [0.25, 0.3) is 5.91 Å². The summed E-state index contributed by atoms with van der Waals surface area (Å²) in [7, 11) is 1.79. The van der Waals surface area contributed by atoms with Crippen molar-refractivity contribution in [1.82, 2.24) is 14.7 Å². The van der Waals surface area contributed by atoms with Crippen molar-refractivity contribution in [3.8, 4) is 17.5 Å². The number of amides is 2. The average Bonchev–Trinajstić information content (AvgIpc) is 3.08. The highest BCUT2D eigenvalue weighted by Gasteiger charge is 2.24. The molecule has 1 aliphatic heterocycles. The maximum atomic E-state index is 13.8. The molecule has 4 rings (SSSR count). The molecule has 0 aliphatic carbocycles. The van der Waals surface area contributed by atoms with Crippen LogP contribution in [0.15, 0.2) is 42.5 Å². The summed E-state index contributed by atoms with van der Waals surface area (Å²) >= 11 is 0. The number of hydrogen-bond acceptors (Lipinski definition) is 3. The van der Waals surface area contributed by atoms with Gasteiger partial charge in [0.05, 0.1) is 17.1 Å². The van der Waals surface area contributed by atoms with Crippen LogP contribution in [0.5, 0.6) is 0 Å². The van der Waals surface area contributed by atoms with Gasteiger partial charge in [-0.25, -0.2) is 9.07 Å². The number of nitrogens with zero attached hydrogens (tertiary/aromatic N) is 3. The molecule has 2 amide bonds. The van der Waals surface area contributed by atoms with Crippen molar-refractivity contribution >= 4 is 22.7 Å². The zero-order valence-electron chi connectivity index (χ0n) is 15.9. The second-order valence-electron chi connectivity index (χ2n) is 7.06. The van der Waals surface area contributed by atoms with Crippen molar-refractivity contribution in [2.24, 2.45) is 11.7 Å². The Morgan fingerprint density at radius 2 is 2.10 bits per heavy atom. The molecule has 146 valence electrons. The molecule has 29 heavy (non-hydrogen) atoms. The molecule has 2 heterocycles. The van der Waals surface area contributed by atoms with Crippen molar-refractivity contribution in [2.45, 2.75) is 12.8 Å². The molecule has 1 unspecified atom stereocenters. The van der Waals surface area contributed by atoms with Crippen LogP contribution in [0.4, 0.5) is 4.39 Å². The highest BCUT2D eigenvalue weighted by Crippen LogP contribution is 2.24. The highest BCUT2D eigenvalue weighted by atomic mass is 19.1. The topological polar surface area (TPSA) is 81.2 Å². The van der Waals surface area contributed by atoms with Gasteiger partial charge in [0, 0.05) is 30.6 Å². The molecule has 0 saturated carbocycles. The van der Waals surface area contributed by atoms with Crippen LogP contribution >= 0.6 is 0 Å². The van der Waals surface area contributed by atoms with Crippen LogP contribution in [-0.2, 0) is 4.79 Å². The average molecular weight is 390 g/mol. The fourth-order valence-corrected chi connectivity index (χ4v) is 3.52. The second-order valence-corrected chi connectivity index (χ2v) is 7.06. The summed E-state index contributed by atoms with van der Waals surface area (Å²) in [4.78, 5) is 25.7. The third-order valence-electron chi connectivity index (χ3n) is 5.02. The number of aromatic nitrogens is 2. The van der Waals surface area contributed by atoms with Gasteiger partial charge in [-0.15, -0.1) is 0 Å². The van der Waals surface area contributed by atoms with E-state index in [0.29, 0.717) is 22.2 Å². The lowest BCUT2D eigenvalue weighted by atomic mass is 9.97. The Morgan fingerprint density at radius 3 is 2.90 bits per heavy atom. The van der Waals surface area contributed by atoms with E-state index in [2.05, 4.69) is 16.9 Å². The molecular weight excluding hydrogens is 371 g/mol. The van der Waals surface area contributed by atoms with E-state index in [1.54, 1.807) is 30.1 Å². The molecule has 7 heteroatoms. The first-order valence-electron chi connectivity index (χ1n) is 9.29. The second kappa shape index (κ2) is 7.40. The first-order chi connectivity index (χ1) is 13.9. The first kappa shape index (κ1) is 18.7. The molecular formula is C22H19FN4O2. The fraction of sp³-hybridized carbons (Fsp3) is 0.227. The Morgan fingerprint density at radius 1 is 1.28 bits per heavy atom. The van der Waals surface area contributed by atoms with Crippen molar-refractivity contribution in [2.75, 3.05) is 13.6 Å². The smallest absolute Gasteiger partial charge is 0.269 e. The Labute approximate surface area is 167 Å². The van der Waals surface area contributed by atoms with Gasteiger partial charge in [-0.3, -0.25) is 9.59 Å². The summed E-state index contributed by atoms with van der Waals surface area (Å²) in [5.74, 6) is 4.73. The summed E-state index contributed by atoms with van der Waals surface area (Å²) < 4.78 is 15.3. The van der Waals surface area contributed by atoms with Gasteiger partial charge >= 0.3 is 0 Å². The third-order valence-corrected chi connectivity index (χ3v) is 5.02. The van der Waals surface area contributed by atoms with Gasteiger partial charge in [-0.2, -0.15) is 5.10 Å². The SMILES string of the molecule is CN1CCCC(C#Cc2cccc(-n3nc(C(N)=O)c4ccc(F)cc43)c2)C1=O. The van der Waals surface area contributed by atoms with Crippen LogP contribution < -0.4 is 5.73 Å². The Kier molecular flexibility index (Phi) is 4.77. The number of rotatable bonds is 2. The number of carbonyl (C=O) groups excluding carboxylic acids is 2. The third kappa shape index (κ3) is 3.57. The van der Waals surface area contributed by atoms with E-state index in [1.165, 1.54) is 22.9 Å². The molecule has 1 atom stereocenters. The van der Waals surface area contributed by atoms with Crippen LogP contribution in [0.25, 0.3) is 16.6 Å². The standard InChI is InChI=1S/C22H19FN4O2/c1-26-11-3-5-15(22(26)29)8-7-14-4-2-6-17(12-14)27-19-13-16(23)9-10-18(19)20(25-27)21(24)28/h2,4,6,9-10,12-13,15H,3,5,11H2,1H3,(H2,24,28). The van der Waals surface area contributed by atoms with E-state index in [1.807, 2.05) is 6.07 Å². The number of likely N-dealkylation sites (tertiary alicyclic amines) is 1. The first-order valence-corrected chi connectivity index (χ1v) is 9.29. The maximum Gasteiger partial charge on any atom is 0.269 e. The van der Waals surface area contributed by atoms with Crippen LogP contribution in [-0.4, -0.2) is 40.1 Å². The molecule has 1 saturated heterocycles. The quantitative estimate of drug-likeness (QED) is 0.683. The summed E-state index contributed by atoms with van der Waals surface area (Å²) in [6, 6.07) is 11.3. The largest absolute Gasteiger partial charge is 0.364 e. The van der Waals surface area contributed by atoms with Crippen LogP contribution in [0.3, 0.4) is 0 Å². The number of nitrogens with two attached hydrogens (primary N) is 1. The highest BCUT2D eigenvalue weighted by molar-refractivity contribution is 6.04.